The Kier molecular flexibility index (Phi) is 11.2. The lowest BCUT2D eigenvalue weighted by Gasteiger charge is -2.37. The van der Waals surface area contributed by atoms with E-state index in [1.807, 2.05) is 30.3 Å². The van der Waals surface area contributed by atoms with Crippen molar-refractivity contribution >= 4 is 56.9 Å². The summed E-state index contributed by atoms with van der Waals surface area (Å²) in [7, 11) is 0. The Morgan fingerprint density at radius 3 is 2.55 bits per heavy atom. The minimum atomic E-state index is -1.30. The van der Waals surface area contributed by atoms with E-state index in [9.17, 15) is 24.3 Å². The summed E-state index contributed by atoms with van der Waals surface area (Å²) in [5.74, 6) is -3.49. The van der Waals surface area contributed by atoms with Crippen molar-refractivity contribution in [3.05, 3.63) is 90.5 Å². The maximum atomic E-state index is 14.6. The molecule has 3 saturated heterocycles. The molecule has 0 aromatic heterocycles. The Bertz CT molecular complexity index is 1490. The lowest BCUT2D eigenvalue weighted by Crippen LogP contribution is -2.57. The van der Waals surface area contributed by atoms with Crippen LogP contribution in [0.4, 0.5) is 5.69 Å². The Balaban J connectivity index is 1.47. The second-order valence-corrected chi connectivity index (χ2v) is 13.6. The number of anilines is 1. The first-order chi connectivity index (χ1) is 22.7. The van der Waals surface area contributed by atoms with E-state index < -0.39 is 47.5 Å². The van der Waals surface area contributed by atoms with Crippen molar-refractivity contribution < 1.29 is 33.8 Å². The van der Waals surface area contributed by atoms with Gasteiger partial charge in [-0.1, -0.05) is 70.0 Å². The first-order valence-corrected chi connectivity index (χ1v) is 17.0. The van der Waals surface area contributed by atoms with Crippen molar-refractivity contribution in [1.29, 1.82) is 0 Å². The molecule has 2 aromatic carbocycles. The number of likely N-dealkylation sites (tertiary alicyclic amines) is 1. The van der Waals surface area contributed by atoms with Gasteiger partial charge in [0.05, 0.1) is 24.0 Å². The highest BCUT2D eigenvalue weighted by atomic mass is 79.9. The quantitative estimate of drug-likeness (QED) is 0.159. The number of carbonyl (C=O) groups is 4. The van der Waals surface area contributed by atoms with Crippen molar-refractivity contribution in [3.8, 4) is 0 Å². The van der Waals surface area contributed by atoms with E-state index in [0.29, 0.717) is 23.6 Å². The summed E-state index contributed by atoms with van der Waals surface area (Å²) in [6, 6.07) is 14.2. The highest BCUT2D eigenvalue weighted by molar-refractivity contribution is 9.09. The number of benzene rings is 2. The number of hydrogen-bond donors (Lipinski definition) is 2. The average molecular weight is 729 g/mol. The summed E-state index contributed by atoms with van der Waals surface area (Å²) in [4.78, 5) is 58.2. The number of rotatable bonds is 15. The zero-order valence-corrected chi connectivity index (χ0v) is 28.3. The number of carbonyl (C=O) groups excluding carboxylic acids is 4. The molecule has 10 nitrogen and oxygen atoms in total. The van der Waals surface area contributed by atoms with Crippen LogP contribution in [0.3, 0.4) is 0 Å². The van der Waals surface area contributed by atoms with Gasteiger partial charge < -0.3 is 29.7 Å². The Labute approximate surface area is 287 Å². The number of alkyl halides is 1. The van der Waals surface area contributed by atoms with Gasteiger partial charge in [-0.15, -0.1) is 13.2 Å². The number of ether oxygens (including phenoxy) is 2. The summed E-state index contributed by atoms with van der Waals surface area (Å²) < 4.78 is 12.2. The molecular formula is C35H39BrClN3O7. The van der Waals surface area contributed by atoms with Gasteiger partial charge in [0.15, 0.2) is 0 Å². The number of nitrogens with one attached hydrogen (secondary N) is 1. The monoisotopic (exact) mass is 727 g/mol. The first-order valence-electron chi connectivity index (χ1n) is 15.7. The number of allylic oxidation sites excluding steroid dienone is 1. The molecule has 3 aliphatic rings. The molecule has 47 heavy (non-hydrogen) atoms. The molecule has 3 heterocycles. The lowest BCUT2D eigenvalue weighted by molar-refractivity contribution is -0.145. The Morgan fingerprint density at radius 2 is 1.89 bits per heavy atom. The SMILES string of the molecule is C=CCCC(=O)OC[C@H](NC(=O)[C@H]1[C@@H]2O[C@@]3(CC2Br)[C@@H]1C(=O)N(CCCO)[C@@H]3C(=O)N(CC=C)c1ccc(Cl)cc1)c1ccccc1. The highest BCUT2D eigenvalue weighted by Crippen LogP contribution is 2.60. The fraction of sp³-hybridized carbons (Fsp3) is 0.429. The molecule has 0 saturated carbocycles. The third-order valence-corrected chi connectivity index (χ3v) is 10.2. The number of hydrogen-bond acceptors (Lipinski definition) is 7. The van der Waals surface area contributed by atoms with E-state index in [0.717, 1.165) is 5.56 Å². The summed E-state index contributed by atoms with van der Waals surface area (Å²) >= 11 is 9.83. The van der Waals surface area contributed by atoms with E-state index in [4.69, 9.17) is 21.1 Å². The number of nitrogens with zero attached hydrogens (tertiary/aromatic N) is 2. The van der Waals surface area contributed by atoms with Gasteiger partial charge in [-0.25, -0.2) is 0 Å². The van der Waals surface area contributed by atoms with Gasteiger partial charge in [-0.05, 0) is 49.1 Å². The van der Waals surface area contributed by atoms with E-state index in [1.54, 1.807) is 36.4 Å². The maximum absolute atomic E-state index is 14.6. The fourth-order valence-electron chi connectivity index (χ4n) is 7.05. The second-order valence-electron chi connectivity index (χ2n) is 12.0. The van der Waals surface area contributed by atoms with Gasteiger partial charge in [-0.2, -0.15) is 0 Å². The summed E-state index contributed by atoms with van der Waals surface area (Å²) in [6.45, 7) is 7.44. The van der Waals surface area contributed by atoms with E-state index >= 15 is 0 Å². The van der Waals surface area contributed by atoms with Crippen LogP contribution in [-0.2, 0) is 28.7 Å². The van der Waals surface area contributed by atoms with Gasteiger partial charge >= 0.3 is 5.97 Å². The van der Waals surface area contributed by atoms with Gasteiger partial charge in [0.25, 0.3) is 5.91 Å². The largest absolute Gasteiger partial charge is 0.463 e. The third kappa shape index (κ3) is 6.90. The van der Waals surface area contributed by atoms with Crippen LogP contribution in [0.1, 0.15) is 37.3 Å². The van der Waals surface area contributed by atoms with Crippen LogP contribution in [0.5, 0.6) is 0 Å². The zero-order valence-electron chi connectivity index (χ0n) is 25.9. The van der Waals surface area contributed by atoms with Crippen LogP contribution < -0.4 is 10.2 Å². The number of aliphatic hydroxyl groups is 1. The molecule has 0 aliphatic carbocycles. The molecule has 1 spiro atoms. The Hall–Kier alpha value is -3.51. The van der Waals surface area contributed by atoms with E-state index in [2.05, 4.69) is 34.4 Å². The van der Waals surface area contributed by atoms with Crippen molar-refractivity contribution in [2.45, 2.75) is 54.3 Å². The molecule has 7 atom stereocenters. The van der Waals surface area contributed by atoms with E-state index in [1.165, 1.54) is 9.80 Å². The summed E-state index contributed by atoms with van der Waals surface area (Å²) in [5, 5.41) is 13.2. The molecule has 3 amide bonds. The minimum Gasteiger partial charge on any atom is -0.463 e. The molecule has 1 unspecified atom stereocenters. The normalized spacial score (nSPS) is 26.4. The number of esters is 1. The number of amides is 3. The van der Waals surface area contributed by atoms with Gasteiger partial charge in [0.1, 0.15) is 18.2 Å². The summed E-state index contributed by atoms with van der Waals surface area (Å²) in [5.41, 5.74) is -0.000340. The smallest absolute Gasteiger partial charge is 0.306 e. The fourth-order valence-corrected chi connectivity index (χ4v) is 8.12. The maximum Gasteiger partial charge on any atom is 0.306 e. The third-order valence-electron chi connectivity index (χ3n) is 9.08. The van der Waals surface area contributed by atoms with Crippen LogP contribution in [-0.4, -0.2) is 82.6 Å². The van der Waals surface area contributed by atoms with Crippen LogP contribution in [0.2, 0.25) is 5.02 Å². The predicted octanol–water partition coefficient (Wildman–Crippen LogP) is 4.36. The molecule has 12 heteroatoms. The van der Waals surface area contributed by atoms with Gasteiger partial charge in [0.2, 0.25) is 11.8 Å². The van der Waals surface area contributed by atoms with Crippen LogP contribution >= 0.6 is 27.5 Å². The lowest BCUT2D eigenvalue weighted by atomic mass is 9.70. The van der Waals surface area contributed by atoms with Crippen LogP contribution in [0.15, 0.2) is 79.9 Å². The standard InChI is InChI=1S/C35H39BrClN3O7/c1-3-5-12-27(42)46-21-26(22-10-7-6-8-11-22)38-32(43)28-29-33(44)40(18-9-19-41)31(35(29)20-25(36)30(28)47-35)34(45)39(17-4-2)24-15-13-23(37)14-16-24/h3-4,6-8,10-11,13-16,25-26,28-31,41H,1-2,5,9,12,17-21H2,(H,38,43)/t25?,26-,28+,29-,30+,31+,35-/m0/s1. The predicted molar refractivity (Wildman–Crippen MR) is 181 cm³/mol. The van der Waals surface area contributed by atoms with Crippen molar-refractivity contribution in [1.82, 2.24) is 10.2 Å². The number of halogens is 2. The number of fused-ring (bicyclic) bond motifs is 1. The van der Waals surface area contributed by atoms with Crippen molar-refractivity contribution in [2.24, 2.45) is 11.8 Å². The highest BCUT2D eigenvalue weighted by Gasteiger charge is 2.76. The molecular weight excluding hydrogens is 690 g/mol. The van der Waals surface area contributed by atoms with Crippen LogP contribution in [0, 0.1) is 11.8 Å². The summed E-state index contributed by atoms with van der Waals surface area (Å²) in [6.07, 6.45) is 3.75. The van der Waals surface area contributed by atoms with Gasteiger partial charge in [-0.3, -0.25) is 19.2 Å². The van der Waals surface area contributed by atoms with Crippen molar-refractivity contribution in [2.75, 3.05) is 31.2 Å². The average Bonchev–Trinajstić information content (AvgIpc) is 3.67. The number of aliphatic hydroxyl groups excluding tert-OH is 1. The van der Waals surface area contributed by atoms with Crippen molar-refractivity contribution in [3.63, 3.8) is 0 Å². The van der Waals surface area contributed by atoms with Gasteiger partial charge in [0, 0.05) is 41.7 Å². The molecule has 3 aliphatic heterocycles. The molecule has 250 valence electrons. The molecule has 2 bridgehead atoms. The second kappa shape index (κ2) is 15.1. The molecule has 2 N–H and O–H groups in total. The van der Waals surface area contributed by atoms with Crippen LogP contribution in [0.25, 0.3) is 0 Å². The topological polar surface area (TPSA) is 125 Å². The minimum absolute atomic E-state index is 0.104. The molecule has 2 aromatic rings. The van der Waals surface area contributed by atoms with E-state index in [-0.39, 0.29) is 55.8 Å². The first kappa shape index (κ1) is 34.8. The molecule has 5 rings (SSSR count). The molecule has 3 fully saturated rings. The Morgan fingerprint density at radius 1 is 1.17 bits per heavy atom. The zero-order chi connectivity index (χ0) is 33.7. The molecule has 0 radical (unpaired) electrons.